The van der Waals surface area contributed by atoms with Crippen molar-refractivity contribution in [3.63, 3.8) is 0 Å². The lowest BCUT2D eigenvalue weighted by Gasteiger charge is -2.07. The third-order valence-corrected chi connectivity index (χ3v) is 6.89. The predicted molar refractivity (Wildman–Crippen MR) is 109 cm³/mol. The summed E-state index contributed by atoms with van der Waals surface area (Å²) in [5.41, 5.74) is 3.32. The van der Waals surface area contributed by atoms with Crippen LogP contribution in [0.5, 0.6) is 0 Å². The predicted octanol–water partition coefficient (Wildman–Crippen LogP) is 3.13. The zero-order valence-electron chi connectivity index (χ0n) is 15.2. The van der Waals surface area contributed by atoms with Crippen LogP contribution in [0.2, 0.25) is 0 Å². The highest BCUT2D eigenvalue weighted by Gasteiger charge is 2.28. The van der Waals surface area contributed by atoms with Crippen molar-refractivity contribution in [2.45, 2.75) is 25.9 Å². The first-order chi connectivity index (χ1) is 13.0. The first kappa shape index (κ1) is 17.8. The number of sulfone groups is 1. The van der Waals surface area contributed by atoms with Gasteiger partial charge in [-0.15, -0.1) is 0 Å². The first-order valence-corrected chi connectivity index (χ1v) is 11.0. The fourth-order valence-electron chi connectivity index (χ4n) is 3.85. The molecule has 4 rings (SSSR count). The van der Waals surface area contributed by atoms with E-state index in [0.29, 0.717) is 6.42 Å². The molecule has 1 aliphatic heterocycles. The summed E-state index contributed by atoms with van der Waals surface area (Å²) in [5.74, 6) is -0.0669. The van der Waals surface area contributed by atoms with Crippen LogP contribution in [-0.4, -0.2) is 36.4 Å². The van der Waals surface area contributed by atoms with Crippen LogP contribution in [0.25, 0.3) is 27.9 Å². The van der Waals surface area contributed by atoms with Crippen LogP contribution in [0, 0.1) is 0 Å². The number of rotatable bonds is 4. The first-order valence-electron chi connectivity index (χ1n) is 9.17. The van der Waals surface area contributed by atoms with Crippen LogP contribution in [0.1, 0.15) is 18.9 Å². The Morgan fingerprint density at radius 2 is 1.96 bits per heavy atom. The summed E-state index contributed by atoms with van der Waals surface area (Å²) in [6, 6.07) is 14.2. The number of fused-ring (bicyclic) bond motifs is 3. The van der Waals surface area contributed by atoms with Crippen molar-refractivity contribution >= 4 is 43.6 Å². The van der Waals surface area contributed by atoms with Gasteiger partial charge >= 0.3 is 0 Å². The van der Waals surface area contributed by atoms with Crippen molar-refractivity contribution < 1.29 is 13.2 Å². The summed E-state index contributed by atoms with van der Waals surface area (Å²) < 4.78 is 25.3. The van der Waals surface area contributed by atoms with Gasteiger partial charge in [0, 0.05) is 40.5 Å². The molecule has 27 heavy (non-hydrogen) atoms. The number of hydrogen-bond acceptors (Lipinski definition) is 3. The van der Waals surface area contributed by atoms with Gasteiger partial charge in [-0.05, 0) is 43.2 Å². The van der Waals surface area contributed by atoms with E-state index in [-0.39, 0.29) is 23.5 Å². The van der Waals surface area contributed by atoms with Gasteiger partial charge in [0.2, 0.25) is 5.91 Å². The molecule has 0 bridgehead atoms. The summed E-state index contributed by atoms with van der Waals surface area (Å²) in [6.07, 6.45) is 3.74. The molecule has 0 saturated carbocycles. The van der Waals surface area contributed by atoms with E-state index >= 15 is 0 Å². The number of amides is 1. The van der Waals surface area contributed by atoms with Crippen LogP contribution < -0.4 is 5.32 Å². The largest absolute Gasteiger partial charge is 0.349 e. The monoisotopic (exact) mass is 382 g/mol. The van der Waals surface area contributed by atoms with Crippen molar-refractivity contribution in [1.82, 2.24) is 9.88 Å². The molecule has 1 aromatic heterocycles. The third kappa shape index (κ3) is 3.49. The number of hydrogen-bond donors (Lipinski definition) is 1. The van der Waals surface area contributed by atoms with Crippen molar-refractivity contribution in [2.24, 2.45) is 0 Å². The second-order valence-corrected chi connectivity index (χ2v) is 9.21. The molecule has 0 radical (unpaired) electrons. The number of benzene rings is 2. The quantitative estimate of drug-likeness (QED) is 0.705. The number of carbonyl (C=O) groups is 1. The van der Waals surface area contributed by atoms with E-state index in [1.54, 1.807) is 6.08 Å². The van der Waals surface area contributed by atoms with E-state index in [4.69, 9.17) is 0 Å². The second kappa shape index (κ2) is 6.85. The number of nitrogens with zero attached hydrogens (tertiary/aromatic N) is 1. The van der Waals surface area contributed by atoms with E-state index in [0.717, 1.165) is 17.5 Å². The minimum absolute atomic E-state index is 0.0368. The maximum Gasteiger partial charge on any atom is 0.244 e. The van der Waals surface area contributed by atoms with Gasteiger partial charge in [0.15, 0.2) is 9.84 Å². The van der Waals surface area contributed by atoms with E-state index in [1.807, 2.05) is 18.2 Å². The Hall–Kier alpha value is -2.60. The molecule has 0 spiro atoms. The summed E-state index contributed by atoms with van der Waals surface area (Å²) in [6.45, 7) is 3.03. The molecular weight excluding hydrogens is 360 g/mol. The molecule has 5 nitrogen and oxygen atoms in total. The van der Waals surface area contributed by atoms with Gasteiger partial charge in [-0.3, -0.25) is 4.79 Å². The molecule has 1 atom stereocenters. The highest BCUT2D eigenvalue weighted by atomic mass is 32.2. The smallest absolute Gasteiger partial charge is 0.244 e. The Bertz CT molecular complexity index is 1160. The molecule has 1 amide bonds. The Labute approximate surface area is 158 Å². The lowest BCUT2D eigenvalue weighted by atomic mass is 10.1. The van der Waals surface area contributed by atoms with E-state index < -0.39 is 9.84 Å². The maximum absolute atomic E-state index is 12.1. The van der Waals surface area contributed by atoms with Crippen molar-refractivity contribution in [2.75, 3.05) is 11.5 Å². The highest BCUT2D eigenvalue weighted by Crippen LogP contribution is 2.29. The van der Waals surface area contributed by atoms with Crippen LogP contribution >= 0.6 is 0 Å². The summed E-state index contributed by atoms with van der Waals surface area (Å²) in [7, 11) is -2.99. The van der Waals surface area contributed by atoms with Crippen molar-refractivity contribution in [3.05, 3.63) is 54.1 Å². The molecule has 1 fully saturated rings. The molecule has 3 aromatic rings. The van der Waals surface area contributed by atoms with Crippen molar-refractivity contribution in [3.8, 4) is 0 Å². The standard InChI is InChI=1S/C21H22N2O3S/c1-2-23-19-6-4-3-5-17(19)18-13-15(7-9-20(18)23)8-10-21(24)22-16-11-12-27(25,26)14-16/h3-10,13,16H,2,11-12,14H2,1H3,(H,22,24)/b10-8+. The van der Waals surface area contributed by atoms with Gasteiger partial charge in [0.05, 0.1) is 11.5 Å². The molecule has 1 aliphatic rings. The zero-order valence-corrected chi connectivity index (χ0v) is 16.0. The Morgan fingerprint density at radius 3 is 2.70 bits per heavy atom. The van der Waals surface area contributed by atoms with Gasteiger partial charge in [0.25, 0.3) is 0 Å². The molecular formula is C21H22N2O3S. The Kier molecular flexibility index (Phi) is 4.52. The molecule has 1 N–H and O–H groups in total. The van der Waals surface area contributed by atoms with Crippen molar-refractivity contribution in [1.29, 1.82) is 0 Å². The summed E-state index contributed by atoms with van der Waals surface area (Å²) >= 11 is 0. The summed E-state index contributed by atoms with van der Waals surface area (Å²) in [4.78, 5) is 12.1. The second-order valence-electron chi connectivity index (χ2n) is 6.98. The lowest BCUT2D eigenvalue weighted by Crippen LogP contribution is -2.34. The average molecular weight is 382 g/mol. The van der Waals surface area contributed by atoms with Crippen LogP contribution in [0.15, 0.2) is 48.5 Å². The fraction of sp³-hybridized carbons (Fsp3) is 0.286. The van der Waals surface area contributed by atoms with Gasteiger partial charge in [-0.1, -0.05) is 24.3 Å². The van der Waals surface area contributed by atoms with E-state index in [2.05, 4.69) is 41.1 Å². The normalized spacial score (nSPS) is 19.2. The van der Waals surface area contributed by atoms with Crippen LogP contribution in [-0.2, 0) is 21.2 Å². The highest BCUT2D eigenvalue weighted by molar-refractivity contribution is 7.91. The average Bonchev–Trinajstić information content (AvgIpc) is 3.16. The molecule has 0 aliphatic carbocycles. The zero-order chi connectivity index (χ0) is 19.0. The molecule has 2 aromatic carbocycles. The maximum atomic E-state index is 12.1. The topological polar surface area (TPSA) is 68.2 Å². The van der Waals surface area contributed by atoms with E-state index in [1.165, 1.54) is 22.5 Å². The molecule has 1 saturated heterocycles. The SMILES string of the molecule is CCn1c2ccccc2c2cc(/C=C/C(=O)NC3CCS(=O)(=O)C3)ccc21. The Balaban J connectivity index is 1.58. The van der Waals surface area contributed by atoms with Crippen LogP contribution in [0.3, 0.4) is 0 Å². The molecule has 140 valence electrons. The molecule has 2 heterocycles. The summed E-state index contributed by atoms with van der Waals surface area (Å²) in [5, 5.41) is 5.14. The Morgan fingerprint density at radius 1 is 1.19 bits per heavy atom. The molecule has 6 heteroatoms. The van der Waals surface area contributed by atoms with Gasteiger partial charge < -0.3 is 9.88 Å². The van der Waals surface area contributed by atoms with Crippen LogP contribution in [0.4, 0.5) is 0 Å². The van der Waals surface area contributed by atoms with Gasteiger partial charge in [-0.2, -0.15) is 0 Å². The number of nitrogens with one attached hydrogen (secondary N) is 1. The van der Waals surface area contributed by atoms with Gasteiger partial charge in [-0.25, -0.2) is 8.42 Å². The minimum atomic E-state index is -2.99. The number of carbonyl (C=O) groups excluding carboxylic acids is 1. The fourth-order valence-corrected chi connectivity index (χ4v) is 5.52. The number of aromatic nitrogens is 1. The lowest BCUT2D eigenvalue weighted by molar-refractivity contribution is -0.116. The van der Waals surface area contributed by atoms with Gasteiger partial charge in [0.1, 0.15) is 0 Å². The third-order valence-electron chi connectivity index (χ3n) is 5.12. The minimum Gasteiger partial charge on any atom is -0.349 e. The van der Waals surface area contributed by atoms with E-state index in [9.17, 15) is 13.2 Å². The number of aryl methyl sites for hydroxylation is 1. The number of para-hydroxylation sites is 1. The molecule has 1 unspecified atom stereocenters.